The van der Waals surface area contributed by atoms with Crippen molar-refractivity contribution in [3.63, 3.8) is 0 Å². The fourth-order valence-corrected chi connectivity index (χ4v) is 2.70. The van der Waals surface area contributed by atoms with Crippen molar-refractivity contribution in [2.24, 2.45) is 5.92 Å². The average molecular weight is 230 g/mol. The van der Waals surface area contributed by atoms with Crippen molar-refractivity contribution in [3.05, 3.63) is 0 Å². The second-order valence-corrected chi connectivity index (χ2v) is 6.00. The van der Waals surface area contributed by atoms with Gasteiger partial charge in [0.15, 0.2) is 5.25 Å². The van der Waals surface area contributed by atoms with E-state index in [1.807, 2.05) is 0 Å². The first kappa shape index (κ1) is 12.5. The van der Waals surface area contributed by atoms with Gasteiger partial charge in [0.2, 0.25) is 10.0 Å². The van der Waals surface area contributed by atoms with Gasteiger partial charge in [-0.1, -0.05) is 19.8 Å². The molecule has 1 N–H and O–H groups in total. The summed E-state index contributed by atoms with van der Waals surface area (Å²) in [5.74, 6) is 0.826. The number of nitrogens with one attached hydrogen (secondary N) is 1. The molecule has 0 amide bonds. The van der Waals surface area contributed by atoms with Crippen molar-refractivity contribution in [2.75, 3.05) is 6.54 Å². The largest absolute Gasteiger partial charge is 0.227 e. The molecule has 4 nitrogen and oxygen atoms in total. The average Bonchev–Trinajstić information content (AvgIpc) is 2.97. The SMILES string of the molecule is CCC(C#N)S(=O)(=O)NCCCC1CC1. The Morgan fingerprint density at radius 2 is 2.20 bits per heavy atom. The minimum atomic E-state index is -3.41. The molecule has 0 radical (unpaired) electrons. The molecule has 86 valence electrons. The van der Waals surface area contributed by atoms with Crippen LogP contribution in [0.5, 0.6) is 0 Å². The van der Waals surface area contributed by atoms with Crippen LogP contribution >= 0.6 is 0 Å². The van der Waals surface area contributed by atoms with Crippen molar-refractivity contribution in [1.82, 2.24) is 4.72 Å². The maximum absolute atomic E-state index is 11.5. The normalized spacial score (nSPS) is 18.4. The van der Waals surface area contributed by atoms with E-state index in [-0.39, 0.29) is 0 Å². The van der Waals surface area contributed by atoms with Gasteiger partial charge in [0, 0.05) is 6.54 Å². The van der Waals surface area contributed by atoms with Crippen LogP contribution in [-0.4, -0.2) is 20.2 Å². The van der Waals surface area contributed by atoms with Crippen LogP contribution in [-0.2, 0) is 10.0 Å². The maximum atomic E-state index is 11.5. The molecule has 1 unspecified atom stereocenters. The summed E-state index contributed by atoms with van der Waals surface area (Å²) in [5, 5.41) is 7.74. The highest BCUT2D eigenvalue weighted by Crippen LogP contribution is 2.33. The van der Waals surface area contributed by atoms with Gasteiger partial charge in [0.25, 0.3) is 0 Å². The van der Waals surface area contributed by atoms with Crippen LogP contribution in [0.15, 0.2) is 0 Å². The van der Waals surface area contributed by atoms with Crippen molar-refractivity contribution in [3.8, 4) is 6.07 Å². The van der Waals surface area contributed by atoms with E-state index in [0.29, 0.717) is 13.0 Å². The van der Waals surface area contributed by atoms with Gasteiger partial charge >= 0.3 is 0 Å². The summed E-state index contributed by atoms with van der Waals surface area (Å²) >= 11 is 0. The molecular formula is C10H18N2O2S. The van der Waals surface area contributed by atoms with Crippen molar-refractivity contribution < 1.29 is 8.42 Å². The summed E-state index contributed by atoms with van der Waals surface area (Å²) in [6.45, 7) is 2.17. The van der Waals surface area contributed by atoms with Gasteiger partial charge in [-0.25, -0.2) is 13.1 Å². The molecule has 5 heteroatoms. The van der Waals surface area contributed by atoms with Crippen LogP contribution in [0.2, 0.25) is 0 Å². The second-order valence-electron chi connectivity index (χ2n) is 4.05. The third-order valence-corrected chi connectivity index (χ3v) is 4.47. The van der Waals surface area contributed by atoms with Crippen molar-refractivity contribution in [1.29, 1.82) is 5.26 Å². The molecule has 0 bridgehead atoms. The van der Waals surface area contributed by atoms with E-state index in [2.05, 4.69) is 4.72 Å². The fraction of sp³-hybridized carbons (Fsp3) is 0.900. The molecule has 1 atom stereocenters. The zero-order chi connectivity index (χ0) is 11.3. The highest BCUT2D eigenvalue weighted by Gasteiger charge is 2.23. The molecule has 0 saturated heterocycles. The Morgan fingerprint density at radius 1 is 1.53 bits per heavy atom. The smallest absolute Gasteiger partial charge is 0.214 e. The van der Waals surface area contributed by atoms with Crippen molar-refractivity contribution >= 4 is 10.0 Å². The lowest BCUT2D eigenvalue weighted by Gasteiger charge is -2.09. The summed E-state index contributed by atoms with van der Waals surface area (Å²) in [4.78, 5) is 0. The lowest BCUT2D eigenvalue weighted by atomic mass is 10.2. The van der Waals surface area contributed by atoms with E-state index >= 15 is 0 Å². The van der Waals surface area contributed by atoms with Gasteiger partial charge in [0.1, 0.15) is 0 Å². The first-order valence-electron chi connectivity index (χ1n) is 5.48. The van der Waals surface area contributed by atoms with E-state index in [0.717, 1.165) is 18.8 Å². The molecule has 1 fully saturated rings. The van der Waals surface area contributed by atoms with Gasteiger partial charge < -0.3 is 0 Å². The van der Waals surface area contributed by atoms with E-state index in [1.54, 1.807) is 13.0 Å². The van der Waals surface area contributed by atoms with Gasteiger partial charge in [-0.3, -0.25) is 0 Å². The summed E-state index contributed by atoms with van der Waals surface area (Å²) in [6, 6.07) is 1.80. The highest BCUT2D eigenvalue weighted by molar-refractivity contribution is 7.90. The highest BCUT2D eigenvalue weighted by atomic mass is 32.2. The molecule has 15 heavy (non-hydrogen) atoms. The minimum absolute atomic E-state index is 0.342. The van der Waals surface area contributed by atoms with Crippen LogP contribution in [0.4, 0.5) is 0 Å². The number of nitriles is 1. The molecule has 0 heterocycles. The Balaban J connectivity index is 2.25. The van der Waals surface area contributed by atoms with Gasteiger partial charge in [0.05, 0.1) is 6.07 Å². The van der Waals surface area contributed by atoms with E-state index in [4.69, 9.17) is 5.26 Å². The maximum Gasteiger partial charge on any atom is 0.227 e. The quantitative estimate of drug-likeness (QED) is 0.672. The molecule has 0 aromatic rings. The Hall–Kier alpha value is -0.600. The summed E-state index contributed by atoms with van der Waals surface area (Å²) < 4.78 is 25.5. The fourth-order valence-electron chi connectivity index (χ4n) is 1.49. The van der Waals surface area contributed by atoms with Crippen LogP contribution in [0.1, 0.15) is 39.0 Å². The molecular weight excluding hydrogens is 212 g/mol. The zero-order valence-corrected chi connectivity index (χ0v) is 9.89. The molecule has 0 spiro atoms. The summed E-state index contributed by atoms with van der Waals surface area (Å²) in [6.07, 6.45) is 4.91. The monoisotopic (exact) mass is 230 g/mol. The Bertz CT molecular complexity index is 328. The number of rotatable bonds is 7. The van der Waals surface area contributed by atoms with E-state index in [9.17, 15) is 8.42 Å². The Morgan fingerprint density at radius 3 is 2.67 bits per heavy atom. The summed E-state index contributed by atoms with van der Waals surface area (Å²) in [7, 11) is -3.41. The first-order chi connectivity index (χ1) is 7.10. The minimum Gasteiger partial charge on any atom is -0.214 e. The molecule has 0 aromatic carbocycles. The lowest BCUT2D eigenvalue weighted by molar-refractivity contribution is 0.564. The number of hydrogen-bond donors (Lipinski definition) is 1. The second kappa shape index (κ2) is 5.47. The molecule has 0 aromatic heterocycles. The van der Waals surface area contributed by atoms with Crippen molar-refractivity contribution in [2.45, 2.75) is 44.3 Å². The standard InChI is InChI=1S/C10H18N2O2S/c1-2-10(8-11)15(13,14)12-7-3-4-9-5-6-9/h9-10,12H,2-7H2,1H3. The number of sulfonamides is 1. The Kier molecular flexibility index (Phi) is 4.55. The molecule has 1 aliphatic rings. The zero-order valence-electron chi connectivity index (χ0n) is 9.07. The van der Waals surface area contributed by atoms with E-state index in [1.165, 1.54) is 12.8 Å². The molecule has 1 aliphatic carbocycles. The van der Waals surface area contributed by atoms with Crippen LogP contribution in [0, 0.1) is 17.2 Å². The van der Waals surface area contributed by atoms with Crippen LogP contribution < -0.4 is 4.72 Å². The number of hydrogen-bond acceptors (Lipinski definition) is 3. The molecule has 0 aliphatic heterocycles. The van der Waals surface area contributed by atoms with Gasteiger partial charge in [-0.15, -0.1) is 0 Å². The molecule has 1 saturated carbocycles. The third kappa shape index (κ3) is 4.18. The third-order valence-electron chi connectivity index (χ3n) is 2.68. The predicted octanol–water partition coefficient (Wildman–Crippen LogP) is 1.40. The van der Waals surface area contributed by atoms with Gasteiger partial charge in [-0.2, -0.15) is 5.26 Å². The van der Waals surface area contributed by atoms with Crippen LogP contribution in [0.3, 0.4) is 0 Å². The summed E-state index contributed by atoms with van der Waals surface area (Å²) in [5.41, 5.74) is 0. The van der Waals surface area contributed by atoms with E-state index < -0.39 is 15.3 Å². The van der Waals surface area contributed by atoms with Gasteiger partial charge in [-0.05, 0) is 25.2 Å². The topological polar surface area (TPSA) is 70.0 Å². The predicted molar refractivity (Wildman–Crippen MR) is 58.6 cm³/mol. The lowest BCUT2D eigenvalue weighted by Crippen LogP contribution is -2.33. The first-order valence-corrected chi connectivity index (χ1v) is 7.03. The van der Waals surface area contributed by atoms with Crippen LogP contribution in [0.25, 0.3) is 0 Å². The number of nitrogens with zero attached hydrogens (tertiary/aromatic N) is 1. The Labute approximate surface area is 91.7 Å². The molecule has 1 rings (SSSR count).